The molecule has 0 aliphatic rings. The van der Waals surface area contributed by atoms with E-state index in [0.29, 0.717) is 44.5 Å². The SMILES string of the molecule is COCCOCCOCCOCC(=O)c1ccc(Br)s1. The third-order valence-electron chi connectivity index (χ3n) is 2.26. The van der Waals surface area contributed by atoms with Crippen LogP contribution < -0.4 is 0 Å². The standard InChI is InChI=1S/C13H19BrO5S/c1-16-4-5-17-6-7-18-8-9-19-10-11(15)12-2-3-13(14)20-12/h2-3H,4-10H2,1H3. The minimum Gasteiger partial charge on any atom is -0.382 e. The lowest BCUT2D eigenvalue weighted by atomic mass is 10.3. The van der Waals surface area contributed by atoms with Crippen LogP contribution in [-0.4, -0.2) is 59.1 Å². The number of ether oxygens (including phenoxy) is 4. The molecule has 0 radical (unpaired) electrons. The first-order valence-corrected chi connectivity index (χ1v) is 7.85. The van der Waals surface area contributed by atoms with Crippen LogP contribution in [0.15, 0.2) is 15.9 Å². The van der Waals surface area contributed by atoms with Gasteiger partial charge in [0.05, 0.1) is 48.3 Å². The van der Waals surface area contributed by atoms with Gasteiger partial charge in [0.25, 0.3) is 0 Å². The minimum absolute atomic E-state index is 0.0106. The first kappa shape index (κ1) is 17.7. The number of methoxy groups -OCH3 is 1. The molecule has 1 aromatic heterocycles. The molecule has 20 heavy (non-hydrogen) atoms. The summed E-state index contributed by atoms with van der Waals surface area (Å²) in [5, 5.41) is 0. The molecule has 0 unspecified atom stereocenters. The highest BCUT2D eigenvalue weighted by molar-refractivity contribution is 9.11. The van der Waals surface area contributed by atoms with Gasteiger partial charge in [-0.05, 0) is 28.1 Å². The number of thiophene rings is 1. The van der Waals surface area contributed by atoms with Gasteiger partial charge in [-0.2, -0.15) is 0 Å². The highest BCUT2D eigenvalue weighted by atomic mass is 79.9. The van der Waals surface area contributed by atoms with Crippen LogP contribution in [0, 0.1) is 0 Å². The largest absolute Gasteiger partial charge is 0.382 e. The summed E-state index contributed by atoms with van der Waals surface area (Å²) in [7, 11) is 1.63. The Morgan fingerprint density at radius 1 is 1.05 bits per heavy atom. The van der Waals surface area contributed by atoms with Crippen molar-refractivity contribution in [3.8, 4) is 0 Å². The van der Waals surface area contributed by atoms with E-state index in [1.807, 2.05) is 6.07 Å². The molecular weight excluding hydrogens is 348 g/mol. The maximum absolute atomic E-state index is 11.7. The Bertz CT molecular complexity index is 383. The van der Waals surface area contributed by atoms with Crippen LogP contribution in [-0.2, 0) is 18.9 Å². The van der Waals surface area contributed by atoms with Crippen molar-refractivity contribution in [3.63, 3.8) is 0 Å². The molecule has 0 amide bonds. The van der Waals surface area contributed by atoms with E-state index < -0.39 is 0 Å². The van der Waals surface area contributed by atoms with Crippen LogP contribution in [0.2, 0.25) is 0 Å². The zero-order valence-electron chi connectivity index (χ0n) is 11.4. The second-order valence-corrected chi connectivity index (χ2v) is 6.26. The summed E-state index contributed by atoms with van der Waals surface area (Å²) in [5.74, 6) is -0.0106. The Kier molecular flexibility index (Phi) is 10.1. The van der Waals surface area contributed by atoms with Gasteiger partial charge in [-0.1, -0.05) is 0 Å². The van der Waals surface area contributed by atoms with Crippen molar-refractivity contribution in [3.05, 3.63) is 20.8 Å². The number of halogens is 1. The molecular formula is C13H19BrO5S. The molecule has 0 aliphatic carbocycles. The Balaban J connectivity index is 1.91. The predicted molar refractivity (Wildman–Crippen MR) is 80.7 cm³/mol. The first-order chi connectivity index (χ1) is 9.74. The van der Waals surface area contributed by atoms with Crippen molar-refractivity contribution < 1.29 is 23.7 Å². The molecule has 0 bridgehead atoms. The van der Waals surface area contributed by atoms with Crippen LogP contribution in [0.4, 0.5) is 0 Å². The molecule has 0 atom stereocenters. The highest BCUT2D eigenvalue weighted by Crippen LogP contribution is 2.22. The van der Waals surface area contributed by atoms with Crippen molar-refractivity contribution in [2.24, 2.45) is 0 Å². The van der Waals surface area contributed by atoms with E-state index in [4.69, 9.17) is 18.9 Å². The maximum atomic E-state index is 11.7. The monoisotopic (exact) mass is 366 g/mol. The van der Waals surface area contributed by atoms with Crippen molar-refractivity contribution in [1.29, 1.82) is 0 Å². The number of carbonyl (C=O) groups excluding carboxylic acids is 1. The number of Topliss-reactive ketones (excluding diaryl/α,β-unsaturated/α-hetero) is 1. The van der Waals surface area contributed by atoms with Gasteiger partial charge in [0.1, 0.15) is 6.61 Å². The Morgan fingerprint density at radius 2 is 1.65 bits per heavy atom. The van der Waals surface area contributed by atoms with Gasteiger partial charge in [0, 0.05) is 7.11 Å². The number of hydrogen-bond donors (Lipinski definition) is 0. The van der Waals surface area contributed by atoms with Crippen LogP contribution in [0.25, 0.3) is 0 Å². The molecule has 7 heteroatoms. The molecule has 1 rings (SSSR count). The van der Waals surface area contributed by atoms with Crippen LogP contribution in [0.3, 0.4) is 0 Å². The lowest BCUT2D eigenvalue weighted by Crippen LogP contribution is -2.14. The smallest absolute Gasteiger partial charge is 0.198 e. The third kappa shape index (κ3) is 8.08. The number of rotatable bonds is 12. The van der Waals surface area contributed by atoms with Crippen molar-refractivity contribution in [1.82, 2.24) is 0 Å². The molecule has 0 aliphatic heterocycles. The molecule has 5 nitrogen and oxygen atoms in total. The van der Waals surface area contributed by atoms with E-state index in [1.54, 1.807) is 13.2 Å². The van der Waals surface area contributed by atoms with E-state index in [0.717, 1.165) is 3.79 Å². The molecule has 0 spiro atoms. The fourth-order valence-corrected chi connectivity index (χ4v) is 2.59. The predicted octanol–water partition coefficient (Wildman–Crippen LogP) is 2.39. The highest BCUT2D eigenvalue weighted by Gasteiger charge is 2.08. The summed E-state index contributed by atoms with van der Waals surface area (Å²) in [6, 6.07) is 3.64. The first-order valence-electron chi connectivity index (χ1n) is 6.24. The summed E-state index contributed by atoms with van der Waals surface area (Å²) < 4.78 is 21.6. The minimum atomic E-state index is -0.0106. The van der Waals surface area contributed by atoms with E-state index >= 15 is 0 Å². The Hall–Kier alpha value is -0.310. The Labute approximate surface area is 131 Å². The third-order valence-corrected chi connectivity index (χ3v) is 3.92. The van der Waals surface area contributed by atoms with Crippen LogP contribution in [0.1, 0.15) is 9.67 Å². The van der Waals surface area contributed by atoms with Gasteiger partial charge in [-0.25, -0.2) is 0 Å². The lowest BCUT2D eigenvalue weighted by molar-refractivity contribution is 0.00496. The molecule has 0 fully saturated rings. The zero-order valence-corrected chi connectivity index (χ0v) is 13.8. The van der Waals surface area contributed by atoms with Crippen LogP contribution in [0.5, 0.6) is 0 Å². The molecule has 0 saturated carbocycles. The van der Waals surface area contributed by atoms with Gasteiger partial charge in [-0.15, -0.1) is 11.3 Å². The number of hydrogen-bond acceptors (Lipinski definition) is 6. The zero-order chi connectivity index (χ0) is 14.6. The van der Waals surface area contributed by atoms with Crippen LogP contribution >= 0.6 is 27.3 Å². The Morgan fingerprint density at radius 3 is 2.20 bits per heavy atom. The summed E-state index contributed by atoms with van der Waals surface area (Å²) in [6.07, 6.45) is 0. The molecule has 1 aromatic rings. The second-order valence-electron chi connectivity index (χ2n) is 3.80. The molecule has 114 valence electrons. The topological polar surface area (TPSA) is 54.0 Å². The summed E-state index contributed by atoms with van der Waals surface area (Å²) >= 11 is 4.73. The molecule has 1 heterocycles. The van der Waals surface area contributed by atoms with Gasteiger partial charge in [0.15, 0.2) is 5.78 Å². The normalized spacial score (nSPS) is 10.9. The van der Waals surface area contributed by atoms with Crippen molar-refractivity contribution in [2.45, 2.75) is 0 Å². The van der Waals surface area contributed by atoms with E-state index in [-0.39, 0.29) is 12.4 Å². The lowest BCUT2D eigenvalue weighted by Gasteiger charge is -2.06. The summed E-state index contributed by atoms with van der Waals surface area (Å²) in [6.45, 7) is 3.14. The maximum Gasteiger partial charge on any atom is 0.198 e. The molecule has 0 saturated heterocycles. The van der Waals surface area contributed by atoms with Gasteiger partial charge < -0.3 is 18.9 Å². The van der Waals surface area contributed by atoms with E-state index in [9.17, 15) is 4.79 Å². The quantitative estimate of drug-likeness (QED) is 0.420. The summed E-state index contributed by atoms with van der Waals surface area (Å²) in [4.78, 5) is 12.4. The van der Waals surface area contributed by atoms with E-state index in [2.05, 4.69) is 15.9 Å². The van der Waals surface area contributed by atoms with Gasteiger partial charge >= 0.3 is 0 Å². The average Bonchev–Trinajstić information content (AvgIpc) is 2.87. The fraction of sp³-hybridized carbons (Fsp3) is 0.615. The molecule has 0 N–H and O–H groups in total. The molecule has 0 aromatic carbocycles. The summed E-state index contributed by atoms with van der Waals surface area (Å²) in [5.41, 5.74) is 0. The van der Waals surface area contributed by atoms with Crippen molar-refractivity contribution in [2.75, 3.05) is 53.4 Å². The number of ketones is 1. The van der Waals surface area contributed by atoms with Gasteiger partial charge in [-0.3, -0.25) is 4.79 Å². The number of carbonyl (C=O) groups is 1. The second kappa shape index (κ2) is 11.4. The van der Waals surface area contributed by atoms with Gasteiger partial charge in [0.2, 0.25) is 0 Å². The van der Waals surface area contributed by atoms with Crippen molar-refractivity contribution >= 4 is 33.0 Å². The van der Waals surface area contributed by atoms with E-state index in [1.165, 1.54) is 11.3 Å². The average molecular weight is 367 g/mol. The fourth-order valence-electron chi connectivity index (χ4n) is 1.28.